The van der Waals surface area contributed by atoms with Gasteiger partial charge in [-0.25, -0.2) is 14.4 Å². The molecule has 0 aliphatic rings. The number of amides is 3. The van der Waals surface area contributed by atoms with Gasteiger partial charge in [0.15, 0.2) is 0 Å². The number of aromatic nitrogens is 2. The zero-order chi connectivity index (χ0) is 27.2. The molecule has 9 heteroatoms. The lowest BCUT2D eigenvalue weighted by atomic mass is 10.1. The van der Waals surface area contributed by atoms with Gasteiger partial charge in [0.1, 0.15) is 23.5 Å². The maximum atomic E-state index is 13.5. The van der Waals surface area contributed by atoms with Crippen molar-refractivity contribution in [3.63, 3.8) is 0 Å². The van der Waals surface area contributed by atoms with Crippen molar-refractivity contribution in [3.8, 4) is 0 Å². The molecular weight excluding hydrogens is 449 g/mol. The molecule has 182 valence electrons. The van der Waals surface area contributed by atoms with E-state index in [1.165, 1.54) is 19.1 Å². The van der Waals surface area contributed by atoms with Crippen LogP contribution in [0.25, 0.3) is 0 Å². The van der Waals surface area contributed by atoms with E-state index in [2.05, 4.69) is 20.6 Å². The van der Waals surface area contributed by atoms with Crippen LogP contribution in [0, 0.1) is 12.7 Å². The van der Waals surface area contributed by atoms with Crippen LogP contribution in [-0.2, 0) is 13.0 Å². The summed E-state index contributed by atoms with van der Waals surface area (Å²) in [6.07, 6.45) is 1.04. The molecular formula is C26H28FN5O3. The van der Waals surface area contributed by atoms with E-state index in [-0.39, 0.29) is 35.0 Å². The van der Waals surface area contributed by atoms with Gasteiger partial charge in [-0.05, 0) is 55.7 Å². The molecule has 3 aromatic rings. The lowest BCUT2D eigenvalue weighted by Crippen LogP contribution is -2.30. The first-order chi connectivity index (χ1) is 17.6. The molecule has 0 aliphatic heterocycles. The molecule has 35 heavy (non-hydrogen) atoms. The lowest BCUT2D eigenvalue weighted by Gasteiger charge is -2.18. The van der Waals surface area contributed by atoms with Gasteiger partial charge >= 0.3 is 0 Å². The molecule has 1 aromatic heterocycles. The molecule has 0 fully saturated rings. The Bertz CT molecular complexity index is 1300. The highest BCUT2D eigenvalue weighted by Gasteiger charge is 2.14. The summed E-state index contributed by atoms with van der Waals surface area (Å²) in [5.41, 5.74) is 1.34. The number of rotatable bonds is 9. The fourth-order valence-corrected chi connectivity index (χ4v) is 3.25. The second kappa shape index (κ2) is 11.8. The van der Waals surface area contributed by atoms with Gasteiger partial charge in [0, 0.05) is 37.8 Å². The molecule has 2 N–H and O–H groups in total. The zero-order valence-electron chi connectivity index (χ0n) is 21.8. The van der Waals surface area contributed by atoms with Gasteiger partial charge in [-0.15, -0.1) is 0 Å². The summed E-state index contributed by atoms with van der Waals surface area (Å²) in [5, 5.41) is 4.90. The van der Waals surface area contributed by atoms with Crippen molar-refractivity contribution < 1.29 is 21.5 Å². The number of benzene rings is 2. The number of hydrogen-bond acceptors (Lipinski definition) is 5. The third-order valence-corrected chi connectivity index (χ3v) is 5.32. The average Bonchev–Trinajstić information content (AvgIpc) is 2.89. The van der Waals surface area contributed by atoms with Crippen LogP contribution in [0.4, 0.5) is 4.39 Å². The average molecular weight is 480 g/mol. The molecule has 1 heterocycles. The maximum Gasteiger partial charge on any atom is 0.270 e. The van der Waals surface area contributed by atoms with Gasteiger partial charge in [-0.2, -0.15) is 0 Å². The first-order valence-corrected chi connectivity index (χ1v) is 11.1. The molecule has 0 atom stereocenters. The molecule has 0 radical (unpaired) electrons. The highest BCUT2D eigenvalue weighted by atomic mass is 19.1. The van der Waals surface area contributed by atoms with Crippen LogP contribution in [0.3, 0.4) is 0 Å². The predicted molar refractivity (Wildman–Crippen MR) is 129 cm³/mol. The van der Waals surface area contributed by atoms with Gasteiger partial charge in [0.05, 0.1) is 2.74 Å². The molecule has 3 amide bonds. The predicted octanol–water partition coefficient (Wildman–Crippen LogP) is 3.27. The van der Waals surface area contributed by atoms with E-state index in [4.69, 9.17) is 2.74 Å². The van der Waals surface area contributed by atoms with Gasteiger partial charge in [-0.3, -0.25) is 14.4 Å². The third-order valence-electron chi connectivity index (χ3n) is 5.32. The maximum absolute atomic E-state index is 13.5. The van der Waals surface area contributed by atoms with Crippen LogP contribution < -0.4 is 10.6 Å². The smallest absolute Gasteiger partial charge is 0.270 e. The highest BCUT2D eigenvalue weighted by molar-refractivity contribution is 5.97. The zero-order valence-corrected chi connectivity index (χ0v) is 19.8. The van der Waals surface area contributed by atoms with E-state index >= 15 is 0 Å². The van der Waals surface area contributed by atoms with Crippen molar-refractivity contribution in [3.05, 3.63) is 94.3 Å². The number of aryl methyl sites for hydroxylation is 1. The second-order valence-electron chi connectivity index (χ2n) is 7.69. The first kappa shape index (κ1) is 22.6. The molecule has 2 aromatic carbocycles. The number of nitrogens with zero attached hydrogens (tertiary/aromatic N) is 3. The number of halogens is 1. The van der Waals surface area contributed by atoms with Gasteiger partial charge in [0.2, 0.25) is 0 Å². The van der Waals surface area contributed by atoms with Crippen molar-refractivity contribution >= 4 is 17.7 Å². The Balaban J connectivity index is 1.64. The summed E-state index contributed by atoms with van der Waals surface area (Å²) >= 11 is 0. The van der Waals surface area contributed by atoms with E-state index in [1.54, 1.807) is 29.2 Å². The summed E-state index contributed by atoms with van der Waals surface area (Å²) in [4.78, 5) is 47.1. The number of nitrogens with one attached hydrogen (secondary N) is 2. The molecule has 0 saturated carbocycles. The molecule has 0 saturated heterocycles. The Kier molecular flexibility index (Phi) is 7.65. The Morgan fingerprint density at radius 3 is 2.11 bits per heavy atom. The summed E-state index contributed by atoms with van der Waals surface area (Å²) < 4.78 is 29.9. The van der Waals surface area contributed by atoms with Crippen LogP contribution >= 0.6 is 0 Å². The number of hydrogen-bond donors (Lipinski definition) is 2. The first-order valence-electron chi connectivity index (χ1n) is 12.1. The largest absolute Gasteiger partial charge is 0.347 e. The third kappa shape index (κ3) is 6.69. The molecule has 0 aliphatic carbocycles. The molecule has 3 rings (SSSR count). The monoisotopic (exact) mass is 479 g/mol. The SMILES string of the molecule is [2H]C([2H])(NC(=O)c1cc(C(=O)NCc2ccc(C(=O)N(CC)CC)cc2)ncn1)c1ccc(F)c(C)c1. The Labute approximate surface area is 206 Å². The Hall–Kier alpha value is -4.14. The minimum absolute atomic E-state index is 0.0636. The van der Waals surface area contributed by atoms with Crippen molar-refractivity contribution in [2.24, 2.45) is 0 Å². The standard InChI is InChI=1S/C26H28FN5O3/c1-4-32(5-2)26(35)20-9-6-18(7-10-20)14-28-24(33)22-13-23(31-16-30-22)25(34)29-15-19-8-11-21(27)17(3)12-19/h6-13,16H,4-5,14-15H2,1-3H3,(H,28,33)(H,29,34)/i15D2. The normalized spacial score (nSPS) is 11.8. The molecule has 8 nitrogen and oxygen atoms in total. The highest BCUT2D eigenvalue weighted by Crippen LogP contribution is 2.10. The second-order valence-corrected chi connectivity index (χ2v) is 7.69. The fraction of sp³-hybridized carbons (Fsp3) is 0.269. The van der Waals surface area contributed by atoms with Gasteiger partial charge < -0.3 is 15.5 Å². The minimum atomic E-state index is -2.30. The van der Waals surface area contributed by atoms with Crippen LogP contribution in [-0.4, -0.2) is 45.7 Å². The minimum Gasteiger partial charge on any atom is -0.347 e. The summed E-state index contributed by atoms with van der Waals surface area (Å²) in [6.45, 7) is 4.40. The lowest BCUT2D eigenvalue weighted by molar-refractivity contribution is 0.0772. The Morgan fingerprint density at radius 1 is 0.914 bits per heavy atom. The van der Waals surface area contributed by atoms with Crippen molar-refractivity contribution in [2.75, 3.05) is 13.1 Å². The van der Waals surface area contributed by atoms with Gasteiger partial charge in [0.25, 0.3) is 17.7 Å². The Morgan fingerprint density at radius 2 is 1.51 bits per heavy atom. The van der Waals surface area contributed by atoms with Crippen molar-refractivity contribution in [1.82, 2.24) is 25.5 Å². The summed E-state index contributed by atoms with van der Waals surface area (Å²) in [5.74, 6) is -1.97. The van der Waals surface area contributed by atoms with E-state index in [0.717, 1.165) is 24.0 Å². The topological polar surface area (TPSA) is 104 Å². The van der Waals surface area contributed by atoms with E-state index < -0.39 is 24.1 Å². The van der Waals surface area contributed by atoms with E-state index in [0.29, 0.717) is 18.7 Å². The molecule has 0 bridgehead atoms. The number of carbonyl (C=O) groups excluding carboxylic acids is 3. The summed E-state index contributed by atoms with van der Waals surface area (Å²) in [6, 6.07) is 11.7. The molecule has 0 unspecified atom stereocenters. The van der Waals surface area contributed by atoms with E-state index in [9.17, 15) is 18.8 Å². The quantitative estimate of drug-likeness (QED) is 0.490. The summed E-state index contributed by atoms with van der Waals surface area (Å²) in [7, 11) is 0. The van der Waals surface area contributed by atoms with Crippen LogP contribution in [0.15, 0.2) is 54.9 Å². The van der Waals surface area contributed by atoms with Crippen molar-refractivity contribution in [2.45, 2.75) is 33.8 Å². The van der Waals surface area contributed by atoms with Crippen LogP contribution in [0.2, 0.25) is 0 Å². The molecule has 0 spiro atoms. The van der Waals surface area contributed by atoms with E-state index in [1.807, 2.05) is 13.8 Å². The van der Waals surface area contributed by atoms with Gasteiger partial charge in [-0.1, -0.05) is 24.3 Å². The van der Waals surface area contributed by atoms with Crippen molar-refractivity contribution in [1.29, 1.82) is 0 Å². The number of carbonyl (C=O) groups is 3. The fourth-order valence-electron chi connectivity index (χ4n) is 3.25. The van der Waals surface area contributed by atoms with Crippen LogP contribution in [0.1, 0.15) is 64.6 Å². The van der Waals surface area contributed by atoms with Crippen LogP contribution in [0.5, 0.6) is 0 Å².